The zero-order valence-corrected chi connectivity index (χ0v) is 20.4. The molecule has 0 atom stereocenters. The third-order valence-corrected chi connectivity index (χ3v) is 7.79. The molecule has 1 aliphatic rings. The van der Waals surface area contributed by atoms with Gasteiger partial charge in [-0.1, -0.05) is 17.7 Å². The van der Waals surface area contributed by atoms with Crippen molar-refractivity contribution in [3.05, 3.63) is 69.6 Å². The summed E-state index contributed by atoms with van der Waals surface area (Å²) in [6.45, 7) is 5.89. The molecule has 4 rings (SSSR count). The number of sulfonamides is 1. The van der Waals surface area contributed by atoms with Crippen LogP contribution in [-0.2, 0) is 10.0 Å². The predicted molar refractivity (Wildman–Crippen MR) is 131 cm³/mol. The number of hydrogen-bond donors (Lipinski definition) is 1. The molecule has 3 aromatic rings. The molecule has 2 heterocycles. The van der Waals surface area contributed by atoms with Gasteiger partial charge >= 0.3 is 0 Å². The van der Waals surface area contributed by atoms with Crippen LogP contribution in [0.15, 0.2) is 59.5 Å². The molecule has 0 spiro atoms. The second-order valence-electron chi connectivity index (χ2n) is 7.49. The maximum atomic E-state index is 12.9. The standard InChI is InChI=1S/C22H24IN5O2S/c1-16-3-7-19(8-4-16)26-21-15-22(25-17(2)24-21)27-11-13-28(14-12-27)31(29,30)20-9-5-18(23)6-10-20/h3-10,15H,11-14H2,1-2H3,(H,24,25,26). The highest BCUT2D eigenvalue weighted by Crippen LogP contribution is 2.23. The van der Waals surface area contributed by atoms with Crippen LogP contribution in [0.25, 0.3) is 0 Å². The summed E-state index contributed by atoms with van der Waals surface area (Å²) in [5, 5.41) is 3.33. The molecule has 0 aliphatic carbocycles. The van der Waals surface area contributed by atoms with E-state index in [0.29, 0.717) is 36.9 Å². The van der Waals surface area contributed by atoms with E-state index in [-0.39, 0.29) is 0 Å². The van der Waals surface area contributed by atoms with Crippen molar-refractivity contribution in [3.8, 4) is 0 Å². The lowest BCUT2D eigenvalue weighted by molar-refractivity contribution is 0.383. The first-order chi connectivity index (χ1) is 14.8. The van der Waals surface area contributed by atoms with Gasteiger partial charge in [0.05, 0.1) is 4.90 Å². The van der Waals surface area contributed by atoms with Crippen molar-refractivity contribution in [2.24, 2.45) is 0 Å². The fourth-order valence-corrected chi connectivity index (χ4v) is 5.26. The number of halogens is 1. The smallest absolute Gasteiger partial charge is 0.243 e. The van der Waals surface area contributed by atoms with Crippen molar-refractivity contribution in [1.82, 2.24) is 14.3 Å². The van der Waals surface area contributed by atoms with E-state index >= 15 is 0 Å². The molecule has 7 nitrogen and oxygen atoms in total. The number of benzene rings is 2. The average molecular weight is 549 g/mol. The largest absolute Gasteiger partial charge is 0.354 e. The van der Waals surface area contributed by atoms with Crippen molar-refractivity contribution < 1.29 is 8.42 Å². The van der Waals surface area contributed by atoms with Gasteiger partial charge in [0.15, 0.2) is 0 Å². The minimum absolute atomic E-state index is 0.337. The normalized spacial score (nSPS) is 15.1. The van der Waals surface area contributed by atoms with Crippen LogP contribution in [0, 0.1) is 17.4 Å². The highest BCUT2D eigenvalue weighted by molar-refractivity contribution is 14.1. The Hall–Kier alpha value is -2.24. The molecule has 31 heavy (non-hydrogen) atoms. The molecule has 1 aromatic heterocycles. The topological polar surface area (TPSA) is 78.4 Å². The van der Waals surface area contributed by atoms with Gasteiger partial charge in [0.2, 0.25) is 10.0 Å². The van der Waals surface area contributed by atoms with Gasteiger partial charge < -0.3 is 10.2 Å². The summed E-state index contributed by atoms with van der Waals surface area (Å²) in [6, 6.07) is 17.0. The van der Waals surface area contributed by atoms with E-state index in [1.807, 2.05) is 49.4 Å². The molecule has 162 valence electrons. The molecule has 0 amide bonds. The number of rotatable bonds is 5. The molecule has 0 unspecified atom stereocenters. The van der Waals surface area contributed by atoms with Gasteiger partial charge in [-0.3, -0.25) is 0 Å². The fourth-order valence-electron chi connectivity index (χ4n) is 3.48. The van der Waals surface area contributed by atoms with Gasteiger partial charge in [0, 0.05) is 41.5 Å². The van der Waals surface area contributed by atoms with Gasteiger partial charge in [-0.05, 0) is 72.8 Å². The number of anilines is 3. The van der Waals surface area contributed by atoms with Gasteiger partial charge in [0.1, 0.15) is 17.5 Å². The zero-order valence-electron chi connectivity index (χ0n) is 17.4. The van der Waals surface area contributed by atoms with Gasteiger partial charge in [0.25, 0.3) is 0 Å². The summed E-state index contributed by atoms with van der Waals surface area (Å²) < 4.78 is 28.4. The molecule has 0 bridgehead atoms. The average Bonchev–Trinajstić information content (AvgIpc) is 2.75. The highest BCUT2D eigenvalue weighted by atomic mass is 127. The number of piperazine rings is 1. The molecule has 2 aromatic carbocycles. The predicted octanol–water partition coefficient (Wildman–Crippen LogP) is 3.95. The number of nitrogens with zero attached hydrogens (tertiary/aromatic N) is 4. The second kappa shape index (κ2) is 9.09. The Bertz CT molecular complexity index is 1160. The third-order valence-electron chi connectivity index (χ3n) is 5.16. The maximum Gasteiger partial charge on any atom is 0.243 e. The van der Waals surface area contributed by atoms with Crippen molar-refractivity contribution in [2.45, 2.75) is 18.7 Å². The third kappa shape index (κ3) is 5.16. The van der Waals surface area contributed by atoms with Crippen LogP contribution in [-0.4, -0.2) is 48.9 Å². The SMILES string of the molecule is Cc1ccc(Nc2cc(N3CCN(S(=O)(=O)c4ccc(I)cc4)CC3)nc(C)n2)cc1. The van der Waals surface area contributed by atoms with Gasteiger partial charge in [-0.2, -0.15) is 4.31 Å². The Kier molecular flexibility index (Phi) is 6.44. The molecule has 1 aliphatic heterocycles. The van der Waals surface area contributed by atoms with E-state index in [4.69, 9.17) is 0 Å². The van der Waals surface area contributed by atoms with Crippen molar-refractivity contribution >= 4 is 49.9 Å². The zero-order chi connectivity index (χ0) is 22.0. The van der Waals surface area contributed by atoms with Crippen LogP contribution in [0.5, 0.6) is 0 Å². The van der Waals surface area contributed by atoms with Crippen LogP contribution in [0.3, 0.4) is 0 Å². The van der Waals surface area contributed by atoms with E-state index < -0.39 is 10.0 Å². The number of aryl methyl sites for hydroxylation is 2. The summed E-state index contributed by atoms with van der Waals surface area (Å²) in [6.07, 6.45) is 0. The minimum atomic E-state index is -3.49. The van der Waals surface area contributed by atoms with E-state index in [9.17, 15) is 8.42 Å². The molecular weight excluding hydrogens is 525 g/mol. The Morgan fingerprint density at radius 1 is 0.903 bits per heavy atom. The second-order valence-corrected chi connectivity index (χ2v) is 10.7. The van der Waals surface area contributed by atoms with Crippen molar-refractivity contribution in [3.63, 3.8) is 0 Å². The Labute approximate surface area is 196 Å². The minimum Gasteiger partial charge on any atom is -0.354 e. The van der Waals surface area contributed by atoms with Gasteiger partial charge in [-0.25, -0.2) is 18.4 Å². The summed E-state index contributed by atoms with van der Waals surface area (Å²) in [5.41, 5.74) is 2.16. The molecule has 9 heteroatoms. The van der Waals surface area contributed by atoms with Crippen LogP contribution in [0.1, 0.15) is 11.4 Å². The Morgan fingerprint density at radius 3 is 2.19 bits per heavy atom. The fraction of sp³-hybridized carbons (Fsp3) is 0.273. The first kappa shape index (κ1) is 22.0. The molecule has 0 radical (unpaired) electrons. The molecule has 1 N–H and O–H groups in total. The Morgan fingerprint density at radius 2 is 1.55 bits per heavy atom. The lowest BCUT2D eigenvalue weighted by Gasteiger charge is -2.34. The first-order valence-electron chi connectivity index (χ1n) is 10.0. The number of hydrogen-bond acceptors (Lipinski definition) is 6. The summed E-state index contributed by atoms with van der Waals surface area (Å²) >= 11 is 2.17. The van der Waals surface area contributed by atoms with E-state index in [1.54, 1.807) is 16.4 Å². The van der Waals surface area contributed by atoms with E-state index in [2.05, 4.69) is 49.7 Å². The lowest BCUT2D eigenvalue weighted by Crippen LogP contribution is -2.49. The number of nitrogens with one attached hydrogen (secondary N) is 1. The molecule has 0 saturated carbocycles. The van der Waals surface area contributed by atoms with Crippen molar-refractivity contribution in [2.75, 3.05) is 36.4 Å². The Balaban J connectivity index is 1.46. The highest BCUT2D eigenvalue weighted by Gasteiger charge is 2.29. The first-order valence-corrected chi connectivity index (χ1v) is 12.5. The monoisotopic (exact) mass is 549 g/mol. The van der Waals surface area contributed by atoms with Crippen LogP contribution < -0.4 is 10.2 Å². The number of aromatic nitrogens is 2. The summed E-state index contributed by atoms with van der Waals surface area (Å²) in [5.74, 6) is 2.19. The molecular formula is C22H24IN5O2S. The molecule has 1 saturated heterocycles. The quantitative estimate of drug-likeness (QED) is 0.486. The summed E-state index contributed by atoms with van der Waals surface area (Å²) in [7, 11) is -3.49. The van der Waals surface area contributed by atoms with Crippen LogP contribution in [0.4, 0.5) is 17.3 Å². The maximum absolute atomic E-state index is 12.9. The lowest BCUT2D eigenvalue weighted by atomic mass is 10.2. The molecule has 1 fully saturated rings. The summed E-state index contributed by atoms with van der Waals surface area (Å²) in [4.78, 5) is 11.5. The van der Waals surface area contributed by atoms with E-state index in [1.165, 1.54) is 5.56 Å². The van der Waals surface area contributed by atoms with E-state index in [0.717, 1.165) is 20.9 Å². The van der Waals surface area contributed by atoms with Gasteiger partial charge in [-0.15, -0.1) is 0 Å². The van der Waals surface area contributed by atoms with Crippen LogP contribution >= 0.6 is 22.6 Å². The van der Waals surface area contributed by atoms with Crippen molar-refractivity contribution in [1.29, 1.82) is 0 Å². The van der Waals surface area contributed by atoms with Crippen LogP contribution in [0.2, 0.25) is 0 Å².